The molecule has 0 radical (unpaired) electrons. The highest BCUT2D eigenvalue weighted by molar-refractivity contribution is 5.72. The average Bonchev–Trinajstić information content (AvgIpc) is 2.46. The van der Waals surface area contributed by atoms with Crippen molar-refractivity contribution in [2.45, 2.75) is 26.6 Å². The van der Waals surface area contributed by atoms with Gasteiger partial charge in [-0.15, -0.1) is 0 Å². The van der Waals surface area contributed by atoms with Crippen LogP contribution in [0.2, 0.25) is 0 Å². The standard InChI is InChI=1S/C16H22O4/c1-5-10-19-15-8-6-14(7-9-15)11-12(2)16(17)20-13(3)18-4/h5-9,12-13H,1,10-11H2,2-4H3. The van der Waals surface area contributed by atoms with E-state index in [0.29, 0.717) is 13.0 Å². The summed E-state index contributed by atoms with van der Waals surface area (Å²) in [7, 11) is 1.50. The Bertz CT molecular complexity index is 425. The van der Waals surface area contributed by atoms with E-state index in [1.54, 1.807) is 13.0 Å². The first-order valence-electron chi connectivity index (χ1n) is 6.62. The lowest BCUT2D eigenvalue weighted by molar-refractivity contribution is -0.174. The van der Waals surface area contributed by atoms with Gasteiger partial charge in [0.05, 0.1) is 5.92 Å². The second-order valence-electron chi connectivity index (χ2n) is 4.59. The summed E-state index contributed by atoms with van der Waals surface area (Å²) in [5, 5.41) is 0. The summed E-state index contributed by atoms with van der Waals surface area (Å²) in [5.74, 6) is 0.316. The van der Waals surface area contributed by atoms with Crippen LogP contribution in [0.5, 0.6) is 5.75 Å². The van der Waals surface area contributed by atoms with Gasteiger partial charge in [0.15, 0.2) is 6.29 Å². The topological polar surface area (TPSA) is 44.8 Å². The van der Waals surface area contributed by atoms with Crippen LogP contribution in [0.25, 0.3) is 0 Å². The van der Waals surface area contributed by atoms with E-state index >= 15 is 0 Å². The molecule has 0 spiro atoms. The average molecular weight is 278 g/mol. The van der Waals surface area contributed by atoms with Gasteiger partial charge in [0, 0.05) is 7.11 Å². The first-order valence-corrected chi connectivity index (χ1v) is 6.62. The van der Waals surface area contributed by atoms with E-state index in [4.69, 9.17) is 14.2 Å². The van der Waals surface area contributed by atoms with Gasteiger partial charge in [0.1, 0.15) is 12.4 Å². The Labute approximate surface area is 120 Å². The summed E-state index contributed by atoms with van der Waals surface area (Å²) >= 11 is 0. The van der Waals surface area contributed by atoms with Gasteiger partial charge in [0.2, 0.25) is 0 Å². The summed E-state index contributed by atoms with van der Waals surface area (Å²) in [5.41, 5.74) is 1.06. The fourth-order valence-corrected chi connectivity index (χ4v) is 1.64. The molecule has 0 saturated heterocycles. The van der Waals surface area contributed by atoms with E-state index in [1.807, 2.05) is 31.2 Å². The highest BCUT2D eigenvalue weighted by Gasteiger charge is 2.17. The van der Waals surface area contributed by atoms with Gasteiger partial charge in [-0.05, 0) is 31.0 Å². The van der Waals surface area contributed by atoms with E-state index in [-0.39, 0.29) is 11.9 Å². The largest absolute Gasteiger partial charge is 0.490 e. The number of benzene rings is 1. The molecule has 0 aromatic heterocycles. The second-order valence-corrected chi connectivity index (χ2v) is 4.59. The van der Waals surface area contributed by atoms with E-state index < -0.39 is 6.29 Å². The van der Waals surface area contributed by atoms with Crippen molar-refractivity contribution in [2.75, 3.05) is 13.7 Å². The molecule has 20 heavy (non-hydrogen) atoms. The van der Waals surface area contributed by atoms with Crippen molar-refractivity contribution in [1.82, 2.24) is 0 Å². The van der Waals surface area contributed by atoms with Crippen molar-refractivity contribution in [1.29, 1.82) is 0 Å². The van der Waals surface area contributed by atoms with E-state index in [0.717, 1.165) is 11.3 Å². The molecule has 0 N–H and O–H groups in total. The summed E-state index contributed by atoms with van der Waals surface area (Å²) < 4.78 is 15.4. The molecule has 2 unspecified atom stereocenters. The van der Waals surface area contributed by atoms with Crippen molar-refractivity contribution in [2.24, 2.45) is 5.92 Å². The summed E-state index contributed by atoms with van der Waals surface area (Å²) in [6.45, 7) is 7.61. The predicted octanol–water partition coefficient (Wildman–Crippen LogP) is 2.97. The SMILES string of the molecule is C=CCOc1ccc(CC(C)C(=O)OC(C)OC)cc1. The summed E-state index contributed by atoms with van der Waals surface area (Å²) in [4.78, 5) is 11.8. The number of hydrogen-bond donors (Lipinski definition) is 0. The zero-order chi connectivity index (χ0) is 15.0. The van der Waals surface area contributed by atoms with Crippen LogP contribution < -0.4 is 4.74 Å². The van der Waals surface area contributed by atoms with Gasteiger partial charge in [-0.1, -0.05) is 31.7 Å². The Hall–Kier alpha value is -1.81. The predicted molar refractivity (Wildman–Crippen MR) is 77.6 cm³/mol. The fraction of sp³-hybridized carbons (Fsp3) is 0.438. The van der Waals surface area contributed by atoms with Crippen LogP contribution >= 0.6 is 0 Å². The smallest absolute Gasteiger partial charge is 0.311 e. The number of carbonyl (C=O) groups is 1. The molecule has 1 rings (SSSR count). The molecule has 1 aromatic rings. The zero-order valence-electron chi connectivity index (χ0n) is 12.3. The maximum absolute atomic E-state index is 11.8. The van der Waals surface area contributed by atoms with Crippen molar-refractivity contribution in [3.63, 3.8) is 0 Å². The highest BCUT2D eigenvalue weighted by atomic mass is 16.7. The molecule has 0 amide bonds. The first-order chi connectivity index (χ1) is 9.56. The number of hydrogen-bond acceptors (Lipinski definition) is 4. The molecule has 0 aliphatic carbocycles. The molecular formula is C16H22O4. The Kier molecular flexibility index (Phi) is 6.81. The third-order valence-electron chi connectivity index (χ3n) is 2.85. The third kappa shape index (κ3) is 5.45. The van der Waals surface area contributed by atoms with Gasteiger partial charge in [-0.3, -0.25) is 4.79 Å². The van der Waals surface area contributed by atoms with Crippen LogP contribution in [-0.2, 0) is 20.7 Å². The van der Waals surface area contributed by atoms with Gasteiger partial charge >= 0.3 is 5.97 Å². The molecule has 110 valence electrons. The van der Waals surface area contributed by atoms with Crippen LogP contribution in [0, 0.1) is 5.92 Å². The van der Waals surface area contributed by atoms with Crippen LogP contribution in [0.1, 0.15) is 19.4 Å². The summed E-state index contributed by atoms with van der Waals surface area (Å²) in [6.07, 6.45) is 1.81. The minimum absolute atomic E-state index is 0.215. The van der Waals surface area contributed by atoms with Crippen molar-refractivity contribution in [3.8, 4) is 5.75 Å². The number of esters is 1. The molecule has 0 aliphatic heterocycles. The van der Waals surface area contributed by atoms with E-state index in [1.165, 1.54) is 7.11 Å². The number of methoxy groups -OCH3 is 1. The van der Waals surface area contributed by atoms with Crippen molar-refractivity contribution in [3.05, 3.63) is 42.5 Å². The Balaban J connectivity index is 2.50. The fourth-order valence-electron chi connectivity index (χ4n) is 1.64. The molecule has 4 nitrogen and oxygen atoms in total. The van der Waals surface area contributed by atoms with Crippen molar-refractivity contribution < 1.29 is 19.0 Å². The van der Waals surface area contributed by atoms with Crippen LogP contribution in [0.4, 0.5) is 0 Å². The molecular weight excluding hydrogens is 256 g/mol. The van der Waals surface area contributed by atoms with Crippen LogP contribution in [0.15, 0.2) is 36.9 Å². The van der Waals surface area contributed by atoms with Crippen LogP contribution in [-0.4, -0.2) is 26.0 Å². The Morgan fingerprint density at radius 1 is 1.30 bits per heavy atom. The lowest BCUT2D eigenvalue weighted by Gasteiger charge is -2.15. The zero-order valence-corrected chi connectivity index (χ0v) is 12.3. The van der Waals surface area contributed by atoms with Crippen LogP contribution in [0.3, 0.4) is 0 Å². The van der Waals surface area contributed by atoms with E-state index in [2.05, 4.69) is 6.58 Å². The van der Waals surface area contributed by atoms with Gasteiger partial charge < -0.3 is 14.2 Å². The Morgan fingerprint density at radius 3 is 2.50 bits per heavy atom. The lowest BCUT2D eigenvalue weighted by Crippen LogP contribution is -2.23. The first kappa shape index (κ1) is 16.2. The molecule has 4 heteroatoms. The quantitative estimate of drug-likeness (QED) is 0.416. The normalized spacial score (nSPS) is 13.3. The van der Waals surface area contributed by atoms with Gasteiger partial charge in [0.25, 0.3) is 0 Å². The summed E-state index contributed by atoms with van der Waals surface area (Å²) in [6, 6.07) is 7.66. The second kappa shape index (κ2) is 8.38. The highest BCUT2D eigenvalue weighted by Crippen LogP contribution is 2.16. The third-order valence-corrected chi connectivity index (χ3v) is 2.85. The van der Waals surface area contributed by atoms with Gasteiger partial charge in [-0.2, -0.15) is 0 Å². The molecule has 0 fully saturated rings. The minimum Gasteiger partial charge on any atom is -0.490 e. The Morgan fingerprint density at radius 2 is 1.95 bits per heavy atom. The van der Waals surface area contributed by atoms with Crippen molar-refractivity contribution >= 4 is 5.97 Å². The molecule has 0 heterocycles. The van der Waals surface area contributed by atoms with Gasteiger partial charge in [-0.25, -0.2) is 0 Å². The molecule has 1 aromatic carbocycles. The lowest BCUT2D eigenvalue weighted by atomic mass is 10.0. The molecule has 0 aliphatic rings. The minimum atomic E-state index is -0.514. The molecule has 0 saturated carbocycles. The monoisotopic (exact) mass is 278 g/mol. The number of carbonyl (C=O) groups excluding carboxylic acids is 1. The number of ether oxygens (including phenoxy) is 3. The molecule has 2 atom stereocenters. The molecule has 0 bridgehead atoms. The number of rotatable bonds is 8. The van der Waals surface area contributed by atoms with E-state index in [9.17, 15) is 4.79 Å². The maximum Gasteiger partial charge on any atom is 0.311 e. The maximum atomic E-state index is 11.8.